The van der Waals surface area contributed by atoms with E-state index in [1.165, 1.54) is 24.1 Å². The van der Waals surface area contributed by atoms with Gasteiger partial charge in [0.15, 0.2) is 0 Å². The Hall–Kier alpha value is -4.15. The van der Waals surface area contributed by atoms with Gasteiger partial charge < -0.3 is 15.0 Å². The van der Waals surface area contributed by atoms with Crippen LogP contribution in [-0.4, -0.2) is 51.4 Å². The van der Waals surface area contributed by atoms with E-state index in [-0.39, 0.29) is 35.4 Å². The number of amides is 2. The van der Waals surface area contributed by atoms with Gasteiger partial charge in [0.1, 0.15) is 18.3 Å². The summed E-state index contributed by atoms with van der Waals surface area (Å²) >= 11 is 3.46. The van der Waals surface area contributed by atoms with Gasteiger partial charge in [0, 0.05) is 24.0 Å². The molecule has 0 unspecified atom stereocenters. The number of halogens is 1. The number of rotatable bonds is 14. The largest absolute Gasteiger partial charge is 0.495 e. The van der Waals surface area contributed by atoms with Gasteiger partial charge >= 0.3 is 0 Å². The number of nitrogens with one attached hydrogen (secondary N) is 1. The molecule has 46 heavy (non-hydrogen) atoms. The zero-order valence-corrected chi connectivity index (χ0v) is 28.9. The second-order valence-corrected chi connectivity index (χ2v) is 14.3. The Morgan fingerprint density at radius 1 is 0.870 bits per heavy atom. The van der Waals surface area contributed by atoms with Gasteiger partial charge in [-0.05, 0) is 65.9 Å². The zero-order valence-electron chi connectivity index (χ0n) is 26.5. The molecule has 1 N–H and O–H groups in total. The fourth-order valence-corrected chi connectivity index (χ4v) is 6.69. The summed E-state index contributed by atoms with van der Waals surface area (Å²) < 4.78 is 36.0. The quantitative estimate of drug-likeness (QED) is 0.164. The third-order valence-electron chi connectivity index (χ3n) is 7.43. The van der Waals surface area contributed by atoms with E-state index in [1.807, 2.05) is 81.4 Å². The Bertz CT molecular complexity index is 1720. The van der Waals surface area contributed by atoms with Crippen LogP contribution in [-0.2, 0) is 32.6 Å². The minimum Gasteiger partial charge on any atom is -0.495 e. The molecule has 242 valence electrons. The number of hydrogen-bond acceptors (Lipinski definition) is 5. The summed E-state index contributed by atoms with van der Waals surface area (Å²) in [5.74, 6) is -0.356. The highest BCUT2D eigenvalue weighted by Crippen LogP contribution is 2.34. The summed E-state index contributed by atoms with van der Waals surface area (Å²) in [4.78, 5) is 30.0. The molecule has 4 rings (SSSR count). The average Bonchev–Trinajstić information content (AvgIpc) is 3.05. The minimum atomic E-state index is -4.24. The number of ether oxygens (including phenoxy) is 1. The van der Waals surface area contributed by atoms with Crippen molar-refractivity contribution in [2.45, 2.75) is 44.7 Å². The summed E-state index contributed by atoms with van der Waals surface area (Å²) in [6.45, 7) is 5.79. The zero-order chi connectivity index (χ0) is 33.3. The first-order valence-corrected chi connectivity index (χ1v) is 17.3. The van der Waals surface area contributed by atoms with Crippen molar-refractivity contribution in [3.05, 3.63) is 124 Å². The molecule has 4 aromatic rings. The van der Waals surface area contributed by atoms with Gasteiger partial charge in [-0.25, -0.2) is 8.42 Å². The predicted molar refractivity (Wildman–Crippen MR) is 185 cm³/mol. The van der Waals surface area contributed by atoms with Crippen LogP contribution in [0.15, 0.2) is 112 Å². The molecule has 0 aromatic heterocycles. The first-order valence-electron chi connectivity index (χ1n) is 15.1. The Labute approximate surface area is 280 Å². The predicted octanol–water partition coefficient (Wildman–Crippen LogP) is 6.37. The van der Waals surface area contributed by atoms with Crippen LogP contribution in [0.2, 0.25) is 0 Å². The number of carbonyl (C=O) groups is 2. The lowest BCUT2D eigenvalue weighted by atomic mass is 10.0. The Morgan fingerprint density at radius 2 is 1.50 bits per heavy atom. The van der Waals surface area contributed by atoms with Crippen LogP contribution in [0.25, 0.3) is 0 Å². The number of sulfonamides is 1. The molecule has 0 aliphatic carbocycles. The number of anilines is 1. The molecule has 0 aliphatic heterocycles. The van der Waals surface area contributed by atoms with E-state index >= 15 is 0 Å². The van der Waals surface area contributed by atoms with Gasteiger partial charge in [0.25, 0.3) is 10.0 Å². The van der Waals surface area contributed by atoms with Crippen LogP contribution >= 0.6 is 15.9 Å². The van der Waals surface area contributed by atoms with Gasteiger partial charge in [0.2, 0.25) is 11.8 Å². The van der Waals surface area contributed by atoms with E-state index in [4.69, 9.17) is 4.74 Å². The molecule has 0 saturated carbocycles. The fourth-order valence-electron chi connectivity index (χ4n) is 4.99. The number of hydrogen-bond donors (Lipinski definition) is 1. The van der Waals surface area contributed by atoms with Crippen molar-refractivity contribution in [1.29, 1.82) is 0 Å². The van der Waals surface area contributed by atoms with Crippen LogP contribution in [0.4, 0.5) is 5.69 Å². The molecule has 0 heterocycles. The van der Waals surface area contributed by atoms with Crippen LogP contribution < -0.4 is 14.4 Å². The number of nitrogens with zero attached hydrogens (tertiary/aromatic N) is 2. The van der Waals surface area contributed by atoms with Crippen molar-refractivity contribution in [3.63, 3.8) is 0 Å². The molecular formula is C36H40BrN3O5S. The van der Waals surface area contributed by atoms with Gasteiger partial charge in [-0.1, -0.05) is 96.5 Å². The number of aryl methyl sites for hydroxylation is 1. The lowest BCUT2D eigenvalue weighted by Gasteiger charge is -2.34. The molecule has 1 atom stereocenters. The van der Waals surface area contributed by atoms with E-state index in [1.54, 1.807) is 30.3 Å². The highest BCUT2D eigenvalue weighted by Gasteiger charge is 2.35. The Kier molecular flexibility index (Phi) is 12.0. The standard InChI is InChI=1S/C36H40BrN3O5S/c1-26(2)23-38-36(42)33(22-28-11-7-5-8-12-28)39(24-29-16-18-30(37)19-17-29)35(41)25-40(32-21-27(3)15-20-34(32)45-4)46(43,44)31-13-9-6-10-14-31/h5-21,26,33H,22-25H2,1-4H3,(H,38,42)/t33-/m0/s1. The molecule has 8 nitrogen and oxygen atoms in total. The van der Waals surface area contributed by atoms with E-state index in [2.05, 4.69) is 21.2 Å². The monoisotopic (exact) mass is 705 g/mol. The van der Waals surface area contributed by atoms with Crippen LogP contribution in [0.1, 0.15) is 30.5 Å². The summed E-state index contributed by atoms with van der Waals surface area (Å²) in [7, 11) is -2.78. The molecule has 4 aromatic carbocycles. The molecule has 0 saturated heterocycles. The first-order chi connectivity index (χ1) is 22.0. The highest BCUT2D eigenvalue weighted by atomic mass is 79.9. The molecule has 0 radical (unpaired) electrons. The molecular weight excluding hydrogens is 666 g/mol. The van der Waals surface area contributed by atoms with Crippen molar-refractivity contribution < 1.29 is 22.7 Å². The molecule has 0 aliphatic rings. The van der Waals surface area contributed by atoms with Gasteiger partial charge in [0.05, 0.1) is 17.7 Å². The SMILES string of the molecule is COc1ccc(C)cc1N(CC(=O)N(Cc1ccc(Br)cc1)[C@@H](Cc1ccccc1)C(=O)NCC(C)C)S(=O)(=O)c1ccccc1. The van der Waals surface area contributed by atoms with Crippen LogP contribution in [0.3, 0.4) is 0 Å². The molecule has 10 heteroatoms. The van der Waals surface area contributed by atoms with Crippen molar-refractivity contribution in [2.24, 2.45) is 5.92 Å². The Balaban J connectivity index is 1.83. The summed E-state index contributed by atoms with van der Waals surface area (Å²) in [5.41, 5.74) is 2.68. The van der Waals surface area contributed by atoms with Crippen LogP contribution in [0, 0.1) is 12.8 Å². The van der Waals surface area contributed by atoms with Crippen molar-refractivity contribution in [1.82, 2.24) is 10.2 Å². The van der Waals surface area contributed by atoms with Gasteiger partial charge in [-0.15, -0.1) is 0 Å². The van der Waals surface area contributed by atoms with Gasteiger partial charge in [-0.3, -0.25) is 13.9 Å². The third kappa shape index (κ3) is 8.98. The van der Waals surface area contributed by atoms with Crippen molar-refractivity contribution in [2.75, 3.05) is 24.5 Å². The van der Waals surface area contributed by atoms with Crippen molar-refractivity contribution >= 4 is 43.5 Å². The van der Waals surface area contributed by atoms with E-state index in [0.717, 1.165) is 25.5 Å². The average molecular weight is 707 g/mol. The minimum absolute atomic E-state index is 0.0290. The molecule has 0 bridgehead atoms. The number of carbonyl (C=O) groups excluding carboxylic acids is 2. The van der Waals surface area contributed by atoms with E-state index < -0.39 is 28.5 Å². The van der Waals surface area contributed by atoms with Crippen LogP contribution in [0.5, 0.6) is 5.75 Å². The highest BCUT2D eigenvalue weighted by molar-refractivity contribution is 9.10. The van der Waals surface area contributed by atoms with Gasteiger partial charge in [-0.2, -0.15) is 0 Å². The topological polar surface area (TPSA) is 96.0 Å². The Morgan fingerprint density at radius 3 is 2.11 bits per heavy atom. The number of benzene rings is 4. The third-order valence-corrected chi connectivity index (χ3v) is 9.74. The second-order valence-electron chi connectivity index (χ2n) is 11.5. The molecule has 0 spiro atoms. The maximum absolute atomic E-state index is 14.6. The summed E-state index contributed by atoms with van der Waals surface area (Å²) in [6.07, 6.45) is 0.242. The smallest absolute Gasteiger partial charge is 0.264 e. The van der Waals surface area contributed by atoms with E-state index in [0.29, 0.717) is 12.3 Å². The normalized spacial score (nSPS) is 12.0. The summed E-state index contributed by atoms with van der Waals surface area (Å²) in [6, 6.07) is 29.2. The maximum Gasteiger partial charge on any atom is 0.264 e. The first kappa shape index (κ1) is 34.7. The van der Waals surface area contributed by atoms with Crippen molar-refractivity contribution in [3.8, 4) is 5.75 Å². The second kappa shape index (κ2) is 15.9. The lowest BCUT2D eigenvalue weighted by molar-refractivity contribution is -0.140. The maximum atomic E-state index is 14.6. The molecule has 0 fully saturated rings. The molecule has 2 amide bonds. The lowest BCUT2D eigenvalue weighted by Crippen LogP contribution is -2.53. The van der Waals surface area contributed by atoms with E-state index in [9.17, 15) is 18.0 Å². The fraction of sp³-hybridized carbons (Fsp3) is 0.278. The number of methoxy groups -OCH3 is 1. The summed E-state index contributed by atoms with van der Waals surface area (Å²) in [5, 5.41) is 3.01.